The second-order valence-corrected chi connectivity index (χ2v) is 5.45. The van der Waals surface area contributed by atoms with Gasteiger partial charge in [0.15, 0.2) is 0 Å². The van der Waals surface area contributed by atoms with E-state index in [-0.39, 0.29) is 0 Å². The van der Waals surface area contributed by atoms with Crippen LogP contribution < -0.4 is 0 Å². The molecule has 0 aromatic carbocycles. The van der Waals surface area contributed by atoms with Crippen LogP contribution in [0.25, 0.3) is 0 Å². The second kappa shape index (κ2) is 4.25. The highest BCUT2D eigenvalue weighted by Crippen LogP contribution is 2.23. The Morgan fingerprint density at radius 1 is 1.67 bits per heavy atom. The molecule has 1 heterocycles. The summed E-state index contributed by atoms with van der Waals surface area (Å²) in [4.78, 5) is 4.14. The Kier molecular flexibility index (Phi) is 3.55. The van der Waals surface area contributed by atoms with Gasteiger partial charge in [0.1, 0.15) is 4.34 Å². The summed E-state index contributed by atoms with van der Waals surface area (Å²) in [6.07, 6.45) is 2.61. The summed E-state index contributed by atoms with van der Waals surface area (Å²) in [7, 11) is 0. The number of hydrogen-bond acceptors (Lipinski definition) is 4. The summed E-state index contributed by atoms with van der Waals surface area (Å²) >= 11 is 3.35. The van der Waals surface area contributed by atoms with Gasteiger partial charge in [0.05, 0.1) is 5.60 Å². The van der Waals surface area contributed by atoms with Crippen molar-refractivity contribution >= 4 is 23.1 Å². The Balaban J connectivity index is 2.20. The third-order valence-corrected chi connectivity index (χ3v) is 3.32. The van der Waals surface area contributed by atoms with Crippen molar-refractivity contribution in [1.82, 2.24) is 4.98 Å². The number of aliphatic hydroxyl groups is 1. The lowest BCUT2D eigenvalue weighted by atomic mass is 10.1. The fourth-order valence-electron chi connectivity index (χ4n) is 0.670. The van der Waals surface area contributed by atoms with Crippen molar-refractivity contribution < 1.29 is 5.11 Å². The van der Waals surface area contributed by atoms with Crippen LogP contribution in [0.2, 0.25) is 0 Å². The Morgan fingerprint density at radius 2 is 2.42 bits per heavy atom. The maximum atomic E-state index is 9.42. The Morgan fingerprint density at radius 3 is 2.92 bits per heavy atom. The van der Waals surface area contributed by atoms with E-state index in [2.05, 4.69) is 4.98 Å². The van der Waals surface area contributed by atoms with Crippen molar-refractivity contribution in [2.45, 2.75) is 30.2 Å². The van der Waals surface area contributed by atoms with Gasteiger partial charge in [0, 0.05) is 17.3 Å². The first-order valence-electron chi connectivity index (χ1n) is 3.82. The molecule has 0 saturated carbocycles. The van der Waals surface area contributed by atoms with E-state index in [1.807, 2.05) is 19.2 Å². The standard InChI is InChI=1S/C8H13NOS2/c1-8(2,10)3-5-11-7-9-4-6-12-7/h4,6,10H,3,5H2,1-2H3. The average molecular weight is 203 g/mol. The molecule has 0 aliphatic carbocycles. The van der Waals surface area contributed by atoms with E-state index in [4.69, 9.17) is 0 Å². The van der Waals surface area contributed by atoms with Crippen molar-refractivity contribution in [3.05, 3.63) is 11.6 Å². The summed E-state index contributed by atoms with van der Waals surface area (Å²) in [5, 5.41) is 11.4. The number of nitrogens with zero attached hydrogens (tertiary/aromatic N) is 1. The molecule has 4 heteroatoms. The van der Waals surface area contributed by atoms with Crippen molar-refractivity contribution in [2.75, 3.05) is 5.75 Å². The third-order valence-electron chi connectivity index (χ3n) is 1.35. The highest BCUT2D eigenvalue weighted by molar-refractivity contribution is 8.00. The van der Waals surface area contributed by atoms with Gasteiger partial charge in [-0.15, -0.1) is 11.3 Å². The van der Waals surface area contributed by atoms with E-state index in [1.54, 1.807) is 29.3 Å². The molecule has 1 aromatic heterocycles. The van der Waals surface area contributed by atoms with Gasteiger partial charge in [-0.25, -0.2) is 4.98 Å². The predicted molar refractivity (Wildman–Crippen MR) is 53.8 cm³/mol. The first-order chi connectivity index (χ1) is 5.58. The number of thiazole rings is 1. The average Bonchev–Trinajstić information content (AvgIpc) is 2.36. The largest absolute Gasteiger partial charge is 0.390 e. The minimum absolute atomic E-state index is 0.551. The predicted octanol–water partition coefficient (Wildman–Crippen LogP) is 2.40. The van der Waals surface area contributed by atoms with Crippen molar-refractivity contribution in [3.63, 3.8) is 0 Å². The summed E-state index contributed by atoms with van der Waals surface area (Å²) < 4.78 is 1.08. The molecule has 0 saturated heterocycles. The van der Waals surface area contributed by atoms with Crippen LogP contribution in [0.3, 0.4) is 0 Å². The van der Waals surface area contributed by atoms with Crippen LogP contribution in [0.15, 0.2) is 15.9 Å². The highest BCUT2D eigenvalue weighted by atomic mass is 32.2. The SMILES string of the molecule is CC(C)(O)CCSc1nccs1. The Labute approximate surface area is 81.0 Å². The lowest BCUT2D eigenvalue weighted by Crippen LogP contribution is -2.18. The normalized spacial score (nSPS) is 11.9. The van der Waals surface area contributed by atoms with Crippen LogP contribution >= 0.6 is 23.1 Å². The van der Waals surface area contributed by atoms with Gasteiger partial charge in [-0.3, -0.25) is 0 Å². The summed E-state index contributed by atoms with van der Waals surface area (Å²) in [5.74, 6) is 0.928. The molecule has 0 bridgehead atoms. The molecule has 1 rings (SSSR count). The van der Waals surface area contributed by atoms with Gasteiger partial charge in [-0.1, -0.05) is 11.8 Å². The van der Waals surface area contributed by atoms with Gasteiger partial charge >= 0.3 is 0 Å². The molecule has 1 aromatic rings. The second-order valence-electron chi connectivity index (χ2n) is 3.21. The minimum atomic E-state index is -0.551. The van der Waals surface area contributed by atoms with Crippen LogP contribution in [0.1, 0.15) is 20.3 Å². The molecular weight excluding hydrogens is 190 g/mol. The van der Waals surface area contributed by atoms with Crippen molar-refractivity contribution in [3.8, 4) is 0 Å². The topological polar surface area (TPSA) is 33.1 Å². The van der Waals surface area contributed by atoms with E-state index in [1.165, 1.54) is 0 Å². The number of aromatic nitrogens is 1. The van der Waals surface area contributed by atoms with Crippen molar-refractivity contribution in [2.24, 2.45) is 0 Å². The van der Waals surface area contributed by atoms with E-state index in [0.29, 0.717) is 0 Å². The molecule has 12 heavy (non-hydrogen) atoms. The van der Waals surface area contributed by atoms with Gasteiger partial charge < -0.3 is 5.11 Å². The smallest absolute Gasteiger partial charge is 0.149 e. The fraction of sp³-hybridized carbons (Fsp3) is 0.625. The monoisotopic (exact) mass is 203 g/mol. The zero-order chi connectivity index (χ0) is 9.03. The molecular formula is C8H13NOS2. The van der Waals surface area contributed by atoms with E-state index in [9.17, 15) is 5.11 Å². The molecule has 68 valence electrons. The Bertz CT molecular complexity index is 215. The summed E-state index contributed by atoms with van der Waals surface area (Å²) in [6.45, 7) is 3.66. The zero-order valence-electron chi connectivity index (χ0n) is 7.28. The Hall–Kier alpha value is -0.0600. The number of hydrogen-bond donors (Lipinski definition) is 1. The van der Waals surface area contributed by atoms with Crippen LogP contribution in [0.5, 0.6) is 0 Å². The zero-order valence-corrected chi connectivity index (χ0v) is 8.91. The van der Waals surface area contributed by atoms with Gasteiger partial charge in [0.2, 0.25) is 0 Å². The molecule has 0 fully saturated rings. The molecule has 2 nitrogen and oxygen atoms in total. The molecule has 0 aliphatic rings. The maximum Gasteiger partial charge on any atom is 0.149 e. The fourth-order valence-corrected chi connectivity index (χ4v) is 2.63. The molecule has 1 N–H and O–H groups in total. The first kappa shape index (κ1) is 10.0. The summed E-state index contributed by atoms with van der Waals surface area (Å²) in [5.41, 5.74) is -0.551. The van der Waals surface area contributed by atoms with E-state index >= 15 is 0 Å². The van der Waals surface area contributed by atoms with Gasteiger partial charge in [-0.05, 0) is 20.3 Å². The number of thioether (sulfide) groups is 1. The van der Waals surface area contributed by atoms with Crippen LogP contribution in [0, 0.1) is 0 Å². The molecule has 0 aliphatic heterocycles. The number of rotatable bonds is 4. The van der Waals surface area contributed by atoms with Gasteiger partial charge in [0.25, 0.3) is 0 Å². The minimum Gasteiger partial charge on any atom is -0.390 e. The van der Waals surface area contributed by atoms with Crippen molar-refractivity contribution in [1.29, 1.82) is 0 Å². The summed E-state index contributed by atoms with van der Waals surface area (Å²) in [6, 6.07) is 0. The highest BCUT2D eigenvalue weighted by Gasteiger charge is 2.11. The lowest BCUT2D eigenvalue weighted by molar-refractivity contribution is 0.0778. The van der Waals surface area contributed by atoms with E-state index < -0.39 is 5.60 Å². The van der Waals surface area contributed by atoms with E-state index in [0.717, 1.165) is 16.5 Å². The molecule has 0 radical (unpaired) electrons. The molecule has 0 atom stereocenters. The molecule has 0 unspecified atom stereocenters. The molecule has 0 spiro atoms. The van der Waals surface area contributed by atoms with Crippen LogP contribution in [-0.4, -0.2) is 21.4 Å². The quantitative estimate of drug-likeness (QED) is 0.763. The first-order valence-corrected chi connectivity index (χ1v) is 5.69. The van der Waals surface area contributed by atoms with Gasteiger partial charge in [-0.2, -0.15) is 0 Å². The maximum absolute atomic E-state index is 9.42. The van der Waals surface area contributed by atoms with Crippen LogP contribution in [-0.2, 0) is 0 Å². The van der Waals surface area contributed by atoms with Crippen LogP contribution in [0.4, 0.5) is 0 Å². The molecule has 0 amide bonds. The third kappa shape index (κ3) is 4.09. The lowest BCUT2D eigenvalue weighted by Gasteiger charge is -2.15.